The molecule has 0 heterocycles. The van der Waals surface area contributed by atoms with Crippen molar-refractivity contribution < 1.29 is 42.5 Å². The normalized spacial score (nSPS) is 13.9. The van der Waals surface area contributed by atoms with Crippen LogP contribution in [0, 0.1) is 0 Å². The van der Waals surface area contributed by atoms with E-state index in [0.717, 1.165) is 5.56 Å². The Kier molecular flexibility index (Phi) is 11.9. The first-order valence-electron chi connectivity index (χ1n) is 15.0. The third-order valence-electron chi connectivity index (χ3n) is 8.04. The quantitative estimate of drug-likeness (QED) is 0.0779. The summed E-state index contributed by atoms with van der Waals surface area (Å²) >= 11 is 0. The van der Waals surface area contributed by atoms with Crippen molar-refractivity contribution in [3.8, 4) is 17.2 Å². The summed E-state index contributed by atoms with van der Waals surface area (Å²) in [6, 6.07) is 16.1. The molecule has 0 fully saturated rings. The van der Waals surface area contributed by atoms with Crippen LogP contribution in [-0.2, 0) is 30.1 Å². The van der Waals surface area contributed by atoms with Crippen LogP contribution in [0.2, 0.25) is 18.1 Å². The minimum absolute atomic E-state index is 0.00112. The molecule has 0 aliphatic carbocycles. The van der Waals surface area contributed by atoms with Crippen LogP contribution in [0.1, 0.15) is 63.9 Å². The second-order valence-electron chi connectivity index (χ2n) is 12.6. The van der Waals surface area contributed by atoms with Crippen molar-refractivity contribution in [2.75, 3.05) is 14.2 Å². The summed E-state index contributed by atoms with van der Waals surface area (Å²) in [6.45, 7) is 15.2. The van der Waals surface area contributed by atoms with Gasteiger partial charge in [0.2, 0.25) is 0 Å². The maximum atomic E-state index is 14.7. The summed E-state index contributed by atoms with van der Waals surface area (Å²) in [5, 5.41) is 0.911. The molecule has 0 radical (unpaired) electrons. The number of carbonyl (C=O) groups excluding carboxylic acids is 3. The highest BCUT2D eigenvalue weighted by Crippen LogP contribution is 2.43. The van der Waals surface area contributed by atoms with Crippen molar-refractivity contribution in [2.24, 2.45) is 0 Å². The zero-order chi connectivity index (χ0) is 33.5. The number of ketones is 1. The molecule has 244 valence electrons. The lowest BCUT2D eigenvalue weighted by Crippen LogP contribution is -2.46. The maximum Gasteiger partial charge on any atom is 0.308 e. The minimum Gasteiger partial charge on any atom is -0.496 e. The first-order chi connectivity index (χ1) is 21.1. The van der Waals surface area contributed by atoms with Crippen molar-refractivity contribution in [2.45, 2.75) is 91.0 Å². The number of ether oxygens (including phenoxy) is 5. The highest BCUT2D eigenvalue weighted by atomic mass is 28.4. The maximum absolute atomic E-state index is 14.7. The Morgan fingerprint density at radius 3 is 2.07 bits per heavy atom. The standard InChI is InChI=1S/C35H46O9Si/c1-22(44-45(9,10)35(4,5)6)19-30(42-23(2)36)34(41-21-25-15-12-11-13-16-25)32(38)27-20-29(40-8)26-17-14-18-28(39-7)31(26)33(27)43-24(3)37/h11-18,20,22,30,34H,19,21H2,1-10H3/t22-,30-,34-/m1/s1. The molecule has 0 N–H and O–H groups in total. The first-order valence-corrected chi connectivity index (χ1v) is 17.9. The molecule has 0 aliphatic heterocycles. The van der Waals surface area contributed by atoms with E-state index in [1.54, 1.807) is 18.2 Å². The Labute approximate surface area is 267 Å². The summed E-state index contributed by atoms with van der Waals surface area (Å²) in [4.78, 5) is 39.5. The molecular formula is C35H46O9Si. The van der Waals surface area contributed by atoms with E-state index in [9.17, 15) is 14.4 Å². The Morgan fingerprint density at radius 1 is 0.867 bits per heavy atom. The van der Waals surface area contributed by atoms with E-state index in [0.29, 0.717) is 22.3 Å². The van der Waals surface area contributed by atoms with Crippen LogP contribution in [0.3, 0.4) is 0 Å². The second kappa shape index (κ2) is 15.0. The molecule has 3 aromatic carbocycles. The number of hydrogen-bond acceptors (Lipinski definition) is 9. The molecule has 0 amide bonds. The molecule has 10 heteroatoms. The number of hydrogen-bond donors (Lipinski definition) is 0. The van der Waals surface area contributed by atoms with Crippen LogP contribution in [0.25, 0.3) is 10.8 Å². The number of methoxy groups -OCH3 is 2. The average Bonchev–Trinajstić information content (AvgIpc) is 2.95. The number of Topliss-reactive ketones (excluding diaryl/α,β-unsaturated/α-hetero) is 1. The van der Waals surface area contributed by atoms with Gasteiger partial charge in [0.25, 0.3) is 0 Å². The topological polar surface area (TPSA) is 107 Å². The predicted octanol–water partition coefficient (Wildman–Crippen LogP) is 7.28. The van der Waals surface area contributed by atoms with Gasteiger partial charge in [-0.1, -0.05) is 63.2 Å². The average molecular weight is 639 g/mol. The van der Waals surface area contributed by atoms with Crippen molar-refractivity contribution in [1.29, 1.82) is 0 Å². The molecule has 9 nitrogen and oxygen atoms in total. The van der Waals surface area contributed by atoms with Crippen LogP contribution < -0.4 is 14.2 Å². The van der Waals surface area contributed by atoms with Crippen molar-refractivity contribution in [1.82, 2.24) is 0 Å². The van der Waals surface area contributed by atoms with E-state index in [1.807, 2.05) is 37.3 Å². The third-order valence-corrected chi connectivity index (χ3v) is 12.6. The van der Waals surface area contributed by atoms with Crippen LogP contribution in [0.4, 0.5) is 0 Å². The molecule has 45 heavy (non-hydrogen) atoms. The van der Waals surface area contributed by atoms with Crippen molar-refractivity contribution >= 4 is 36.8 Å². The second-order valence-corrected chi connectivity index (χ2v) is 17.3. The lowest BCUT2D eigenvalue weighted by Gasteiger charge is -2.39. The van der Waals surface area contributed by atoms with E-state index in [-0.39, 0.29) is 35.5 Å². The van der Waals surface area contributed by atoms with Gasteiger partial charge in [-0.25, -0.2) is 0 Å². The monoisotopic (exact) mass is 638 g/mol. The highest BCUT2D eigenvalue weighted by Gasteiger charge is 2.41. The fourth-order valence-electron chi connectivity index (χ4n) is 4.92. The van der Waals surface area contributed by atoms with Gasteiger partial charge in [-0.15, -0.1) is 0 Å². The van der Waals surface area contributed by atoms with Gasteiger partial charge in [0.1, 0.15) is 17.6 Å². The fraction of sp³-hybridized carbons (Fsp3) is 0.457. The van der Waals surface area contributed by atoms with E-state index in [1.165, 1.54) is 34.1 Å². The lowest BCUT2D eigenvalue weighted by atomic mass is 9.94. The van der Waals surface area contributed by atoms with Crippen molar-refractivity contribution in [3.05, 3.63) is 65.7 Å². The Balaban J connectivity index is 2.20. The van der Waals surface area contributed by atoms with Gasteiger partial charge in [-0.3, -0.25) is 14.4 Å². The molecule has 0 aromatic heterocycles. The Morgan fingerprint density at radius 2 is 1.51 bits per heavy atom. The molecule has 0 bridgehead atoms. The van der Waals surface area contributed by atoms with E-state index in [4.69, 9.17) is 28.1 Å². The molecule has 0 aliphatic rings. The Hall–Kier alpha value is -3.73. The summed E-state index contributed by atoms with van der Waals surface area (Å²) in [5.74, 6) is -1.01. The minimum atomic E-state index is -2.21. The van der Waals surface area contributed by atoms with Gasteiger partial charge in [-0.05, 0) is 42.8 Å². The molecular weight excluding hydrogens is 592 g/mol. The van der Waals surface area contributed by atoms with E-state index in [2.05, 4.69) is 33.9 Å². The molecule has 3 atom stereocenters. The smallest absolute Gasteiger partial charge is 0.308 e. The van der Waals surface area contributed by atoms with Gasteiger partial charge in [0.05, 0.1) is 31.8 Å². The third kappa shape index (κ3) is 8.93. The van der Waals surface area contributed by atoms with Gasteiger partial charge in [0, 0.05) is 31.8 Å². The number of fused-ring (bicyclic) bond motifs is 1. The summed E-state index contributed by atoms with van der Waals surface area (Å²) < 4.78 is 35.7. The Bertz CT molecular complexity index is 1490. The number of rotatable bonds is 14. The summed E-state index contributed by atoms with van der Waals surface area (Å²) in [6.07, 6.45) is -2.49. The molecule has 0 saturated heterocycles. The molecule has 3 rings (SSSR count). The lowest BCUT2D eigenvalue weighted by molar-refractivity contribution is -0.155. The largest absolute Gasteiger partial charge is 0.496 e. The zero-order valence-corrected chi connectivity index (χ0v) is 29.0. The van der Waals surface area contributed by atoms with Gasteiger partial charge in [-0.2, -0.15) is 0 Å². The zero-order valence-electron chi connectivity index (χ0n) is 28.0. The van der Waals surface area contributed by atoms with Crippen LogP contribution in [0.15, 0.2) is 54.6 Å². The number of esters is 2. The number of benzene rings is 3. The van der Waals surface area contributed by atoms with Crippen LogP contribution >= 0.6 is 0 Å². The van der Waals surface area contributed by atoms with Gasteiger partial charge < -0.3 is 28.1 Å². The van der Waals surface area contributed by atoms with Crippen LogP contribution in [0.5, 0.6) is 17.2 Å². The first kappa shape index (κ1) is 35.7. The predicted molar refractivity (Wildman–Crippen MR) is 176 cm³/mol. The molecule has 0 unspecified atom stereocenters. The molecule has 0 saturated carbocycles. The van der Waals surface area contributed by atoms with E-state index >= 15 is 0 Å². The summed E-state index contributed by atoms with van der Waals surface area (Å²) in [7, 11) is 0.764. The molecule has 0 spiro atoms. The fourth-order valence-corrected chi connectivity index (χ4v) is 6.37. The van der Waals surface area contributed by atoms with E-state index < -0.39 is 38.2 Å². The highest BCUT2D eigenvalue weighted by molar-refractivity contribution is 6.74. The number of carbonyl (C=O) groups is 3. The summed E-state index contributed by atoms with van der Waals surface area (Å²) in [5.41, 5.74) is 0.840. The van der Waals surface area contributed by atoms with Gasteiger partial charge >= 0.3 is 11.9 Å². The van der Waals surface area contributed by atoms with Crippen molar-refractivity contribution in [3.63, 3.8) is 0 Å². The van der Waals surface area contributed by atoms with Gasteiger partial charge in [0.15, 0.2) is 26.0 Å². The van der Waals surface area contributed by atoms with Crippen LogP contribution in [-0.4, -0.2) is 58.6 Å². The SMILES string of the molecule is COc1cc(C(=O)[C@H](OCc2ccccc2)[C@@H](C[C@@H](C)O[Si](C)(C)C(C)(C)C)OC(C)=O)c(OC(C)=O)c2c(OC)cccc12. The molecule has 3 aromatic rings.